The molecule has 0 bridgehead atoms. The van der Waals surface area contributed by atoms with Crippen molar-refractivity contribution in [3.05, 3.63) is 28.8 Å². The monoisotopic (exact) mass is 265 g/mol. The highest BCUT2D eigenvalue weighted by atomic mass is 16.5. The Bertz CT molecular complexity index is 421. The van der Waals surface area contributed by atoms with E-state index in [1.807, 2.05) is 6.92 Å². The lowest BCUT2D eigenvalue weighted by atomic mass is 9.83. The molecule has 0 saturated heterocycles. The van der Waals surface area contributed by atoms with Crippen molar-refractivity contribution >= 4 is 0 Å². The molecule has 3 heteroatoms. The van der Waals surface area contributed by atoms with Gasteiger partial charge in [-0.25, -0.2) is 0 Å². The summed E-state index contributed by atoms with van der Waals surface area (Å²) in [7, 11) is 1.71. The third-order valence-corrected chi connectivity index (χ3v) is 3.40. The second-order valence-electron chi connectivity index (χ2n) is 5.95. The molecule has 1 aromatic carbocycles. The molecule has 0 amide bonds. The largest absolute Gasteiger partial charge is 0.496 e. The number of benzene rings is 1. The van der Waals surface area contributed by atoms with Gasteiger partial charge in [0, 0.05) is 0 Å². The molecule has 0 spiro atoms. The fraction of sp³-hybridized carbons (Fsp3) is 0.625. The molecule has 108 valence electrons. The lowest BCUT2D eigenvalue weighted by Gasteiger charge is -2.26. The molecule has 0 heterocycles. The molecule has 0 aliphatic rings. The van der Waals surface area contributed by atoms with Gasteiger partial charge in [-0.2, -0.15) is 0 Å². The van der Waals surface area contributed by atoms with Crippen molar-refractivity contribution in [1.82, 2.24) is 5.32 Å². The summed E-state index contributed by atoms with van der Waals surface area (Å²) in [5.74, 6) is 0.918. The summed E-state index contributed by atoms with van der Waals surface area (Å²) in [6.45, 7) is 11.6. The van der Waals surface area contributed by atoms with Gasteiger partial charge in [-0.05, 0) is 47.7 Å². The van der Waals surface area contributed by atoms with E-state index in [2.05, 4.69) is 45.1 Å². The average molecular weight is 265 g/mol. The molecule has 0 aromatic heterocycles. The first-order valence-corrected chi connectivity index (χ1v) is 6.88. The van der Waals surface area contributed by atoms with Crippen molar-refractivity contribution in [2.45, 2.75) is 46.1 Å². The van der Waals surface area contributed by atoms with Crippen molar-refractivity contribution in [1.29, 1.82) is 0 Å². The maximum atomic E-state index is 9.56. The Morgan fingerprint density at radius 1 is 1.32 bits per heavy atom. The van der Waals surface area contributed by atoms with Crippen molar-refractivity contribution in [3.8, 4) is 5.75 Å². The molecule has 3 nitrogen and oxygen atoms in total. The van der Waals surface area contributed by atoms with Crippen LogP contribution in [0.5, 0.6) is 5.75 Å². The van der Waals surface area contributed by atoms with Gasteiger partial charge >= 0.3 is 0 Å². The zero-order chi connectivity index (χ0) is 14.6. The van der Waals surface area contributed by atoms with Crippen LogP contribution < -0.4 is 10.1 Å². The smallest absolute Gasteiger partial charge is 0.122 e. The molecule has 0 saturated carbocycles. The maximum absolute atomic E-state index is 9.56. The van der Waals surface area contributed by atoms with Gasteiger partial charge in [-0.15, -0.1) is 0 Å². The number of aliphatic hydroxyl groups is 1. The minimum atomic E-state index is -0.0167. The SMILES string of the molecule is CCNC(CO)c1cc(C(C)(C)C)c(OC)cc1C. The number of nitrogens with one attached hydrogen (secondary N) is 1. The number of methoxy groups -OCH3 is 1. The molecule has 0 aliphatic carbocycles. The van der Waals surface area contributed by atoms with Gasteiger partial charge in [0.15, 0.2) is 0 Å². The van der Waals surface area contributed by atoms with Crippen LogP contribution in [-0.2, 0) is 5.41 Å². The van der Waals surface area contributed by atoms with Gasteiger partial charge in [0.25, 0.3) is 0 Å². The molecule has 1 aromatic rings. The molecular weight excluding hydrogens is 238 g/mol. The number of rotatable bonds is 5. The van der Waals surface area contributed by atoms with Gasteiger partial charge in [0.05, 0.1) is 19.8 Å². The average Bonchev–Trinajstić information content (AvgIpc) is 2.34. The third-order valence-electron chi connectivity index (χ3n) is 3.40. The number of aliphatic hydroxyl groups excluding tert-OH is 1. The van der Waals surface area contributed by atoms with Gasteiger partial charge in [0.2, 0.25) is 0 Å². The van der Waals surface area contributed by atoms with Gasteiger partial charge in [0.1, 0.15) is 5.75 Å². The first-order valence-electron chi connectivity index (χ1n) is 6.88. The fourth-order valence-corrected chi connectivity index (χ4v) is 2.35. The van der Waals surface area contributed by atoms with Crippen LogP contribution >= 0.6 is 0 Å². The van der Waals surface area contributed by atoms with E-state index in [4.69, 9.17) is 4.74 Å². The number of ether oxygens (including phenoxy) is 1. The minimum Gasteiger partial charge on any atom is -0.496 e. The predicted octanol–water partition coefficient (Wildman–Crippen LogP) is 2.94. The van der Waals surface area contributed by atoms with Gasteiger partial charge < -0.3 is 15.2 Å². The Morgan fingerprint density at radius 2 is 1.95 bits per heavy atom. The maximum Gasteiger partial charge on any atom is 0.122 e. The Kier molecular flexibility index (Phi) is 5.39. The predicted molar refractivity (Wildman–Crippen MR) is 79.9 cm³/mol. The summed E-state index contributed by atoms with van der Waals surface area (Å²) in [6, 6.07) is 4.21. The standard InChI is InChI=1S/C16H27NO2/c1-7-17-14(10-18)12-9-13(16(3,4)5)15(19-6)8-11(12)2/h8-9,14,17-18H,7,10H2,1-6H3. The Hall–Kier alpha value is -1.06. The summed E-state index contributed by atoms with van der Waals surface area (Å²) in [4.78, 5) is 0. The van der Waals surface area contributed by atoms with Crippen LogP contribution in [0.25, 0.3) is 0 Å². The zero-order valence-electron chi connectivity index (χ0n) is 13.0. The lowest BCUT2D eigenvalue weighted by Crippen LogP contribution is -2.25. The number of hydrogen-bond acceptors (Lipinski definition) is 3. The molecule has 2 N–H and O–H groups in total. The molecule has 0 aliphatic heterocycles. The number of aryl methyl sites for hydroxylation is 1. The van der Waals surface area contributed by atoms with Crippen LogP contribution in [0.4, 0.5) is 0 Å². The molecule has 1 rings (SSSR count). The van der Waals surface area contributed by atoms with E-state index < -0.39 is 0 Å². The van der Waals surface area contributed by atoms with E-state index in [1.54, 1.807) is 7.11 Å². The first kappa shape index (κ1) is 16.0. The third kappa shape index (κ3) is 3.71. The van der Waals surface area contributed by atoms with Crippen LogP contribution in [0.1, 0.15) is 50.4 Å². The Balaban J connectivity index is 3.34. The molecule has 1 atom stereocenters. The molecule has 0 radical (unpaired) electrons. The Labute approximate surface area is 117 Å². The lowest BCUT2D eigenvalue weighted by molar-refractivity contribution is 0.245. The zero-order valence-corrected chi connectivity index (χ0v) is 13.0. The van der Waals surface area contributed by atoms with Crippen molar-refractivity contribution in [2.75, 3.05) is 20.3 Å². The molecule has 19 heavy (non-hydrogen) atoms. The van der Waals surface area contributed by atoms with Crippen LogP contribution in [0.3, 0.4) is 0 Å². The number of likely N-dealkylation sites (N-methyl/N-ethyl adjacent to an activating group) is 1. The normalized spacial score (nSPS) is 13.4. The Morgan fingerprint density at radius 3 is 2.37 bits per heavy atom. The second kappa shape index (κ2) is 6.40. The van der Waals surface area contributed by atoms with E-state index >= 15 is 0 Å². The highest BCUT2D eigenvalue weighted by Crippen LogP contribution is 2.35. The highest BCUT2D eigenvalue weighted by molar-refractivity contribution is 5.46. The van der Waals surface area contributed by atoms with E-state index in [-0.39, 0.29) is 18.1 Å². The molecule has 1 unspecified atom stereocenters. The summed E-state index contributed by atoms with van der Waals surface area (Å²) < 4.78 is 5.50. The van der Waals surface area contributed by atoms with Crippen LogP contribution in [0.2, 0.25) is 0 Å². The van der Waals surface area contributed by atoms with Crippen molar-refractivity contribution in [2.24, 2.45) is 0 Å². The minimum absolute atomic E-state index is 0.0139. The quantitative estimate of drug-likeness (QED) is 0.860. The topological polar surface area (TPSA) is 41.5 Å². The van der Waals surface area contributed by atoms with Gasteiger partial charge in [-0.3, -0.25) is 0 Å². The molecular formula is C16H27NO2. The summed E-state index contributed by atoms with van der Waals surface area (Å²) in [5.41, 5.74) is 3.48. The van der Waals surface area contributed by atoms with E-state index in [9.17, 15) is 5.11 Å². The van der Waals surface area contributed by atoms with E-state index in [1.165, 1.54) is 5.56 Å². The molecule has 0 fully saturated rings. The summed E-state index contributed by atoms with van der Waals surface area (Å²) in [6.07, 6.45) is 0. The van der Waals surface area contributed by atoms with Crippen LogP contribution in [0.15, 0.2) is 12.1 Å². The van der Waals surface area contributed by atoms with Crippen LogP contribution in [-0.4, -0.2) is 25.4 Å². The van der Waals surface area contributed by atoms with Gasteiger partial charge in [-0.1, -0.05) is 27.7 Å². The number of hydrogen-bond donors (Lipinski definition) is 2. The second-order valence-corrected chi connectivity index (χ2v) is 5.95. The highest BCUT2D eigenvalue weighted by Gasteiger charge is 2.22. The first-order chi connectivity index (χ1) is 8.85. The van der Waals surface area contributed by atoms with E-state index in [0.717, 1.165) is 23.4 Å². The summed E-state index contributed by atoms with van der Waals surface area (Å²) in [5, 5.41) is 12.9. The fourth-order valence-electron chi connectivity index (χ4n) is 2.35. The van der Waals surface area contributed by atoms with Crippen LogP contribution in [0, 0.1) is 6.92 Å². The van der Waals surface area contributed by atoms with Crippen molar-refractivity contribution < 1.29 is 9.84 Å². The summed E-state index contributed by atoms with van der Waals surface area (Å²) >= 11 is 0. The van der Waals surface area contributed by atoms with Crippen molar-refractivity contribution in [3.63, 3.8) is 0 Å². The van der Waals surface area contributed by atoms with E-state index in [0.29, 0.717) is 0 Å².